The molecule has 3 aromatic rings. The Balaban J connectivity index is 1.67. The molecule has 2 N–H and O–H groups in total. The van der Waals surface area contributed by atoms with E-state index in [9.17, 15) is 9.59 Å². The van der Waals surface area contributed by atoms with Crippen molar-refractivity contribution in [3.8, 4) is 21.7 Å². The highest BCUT2D eigenvalue weighted by Gasteiger charge is 2.20. The van der Waals surface area contributed by atoms with Gasteiger partial charge < -0.3 is 15.0 Å². The van der Waals surface area contributed by atoms with Gasteiger partial charge in [0.25, 0.3) is 0 Å². The monoisotopic (exact) mass is 508 g/mol. The zero-order chi connectivity index (χ0) is 25.5. The van der Waals surface area contributed by atoms with Crippen LogP contribution in [0.15, 0.2) is 36.1 Å². The normalized spacial score (nSPS) is 14.4. The number of likely N-dealkylation sites (tertiary alicyclic amines) is 1. The Morgan fingerprint density at radius 2 is 1.94 bits per heavy atom. The summed E-state index contributed by atoms with van der Waals surface area (Å²) in [5.74, 6) is 0.625. The second-order valence-corrected chi connectivity index (χ2v) is 9.74. The van der Waals surface area contributed by atoms with Gasteiger partial charge in [-0.15, -0.1) is 11.3 Å². The molecule has 0 unspecified atom stereocenters. The van der Waals surface area contributed by atoms with Crippen LogP contribution in [0.2, 0.25) is 0 Å². The first-order chi connectivity index (χ1) is 17.5. The summed E-state index contributed by atoms with van der Waals surface area (Å²) < 4.78 is 5.14. The average Bonchev–Trinajstić information content (AvgIpc) is 3.34. The lowest BCUT2D eigenvalue weighted by Crippen LogP contribution is -2.30. The lowest BCUT2D eigenvalue weighted by atomic mass is 9.93. The summed E-state index contributed by atoms with van der Waals surface area (Å²) in [7, 11) is 2.17. The third kappa shape index (κ3) is 6.44. The highest BCUT2D eigenvalue weighted by Crippen LogP contribution is 2.36. The van der Waals surface area contributed by atoms with E-state index in [2.05, 4.69) is 37.9 Å². The first-order valence-electron chi connectivity index (χ1n) is 12.3. The molecule has 0 saturated carbocycles. The summed E-state index contributed by atoms with van der Waals surface area (Å²) in [6.45, 7) is 6.66. The molecule has 9 nitrogen and oxygen atoms in total. The van der Waals surface area contributed by atoms with Gasteiger partial charge in [-0.25, -0.2) is 19.6 Å². The minimum atomic E-state index is -0.425. The van der Waals surface area contributed by atoms with E-state index in [0.29, 0.717) is 23.8 Å². The Morgan fingerprint density at radius 1 is 1.14 bits per heavy atom. The molecule has 36 heavy (non-hydrogen) atoms. The molecule has 2 amide bonds. The molecule has 0 aromatic carbocycles. The van der Waals surface area contributed by atoms with Crippen LogP contribution in [0.3, 0.4) is 0 Å². The third-order valence-corrected chi connectivity index (χ3v) is 7.09. The fourth-order valence-corrected chi connectivity index (χ4v) is 5.11. The van der Waals surface area contributed by atoms with Crippen LogP contribution in [-0.2, 0) is 11.2 Å². The van der Waals surface area contributed by atoms with Crippen molar-refractivity contribution in [3.05, 3.63) is 47.4 Å². The topological polar surface area (TPSA) is 109 Å². The number of rotatable bonds is 8. The van der Waals surface area contributed by atoms with Gasteiger partial charge in [0.1, 0.15) is 10.8 Å². The molecule has 190 valence electrons. The first kappa shape index (κ1) is 25.7. The molecule has 0 atom stereocenters. The van der Waals surface area contributed by atoms with Gasteiger partial charge >= 0.3 is 12.0 Å². The minimum absolute atomic E-state index is 0.287. The van der Waals surface area contributed by atoms with E-state index in [4.69, 9.17) is 9.72 Å². The molecule has 1 aliphatic rings. The number of nitrogens with zero attached hydrogens (tertiary/aromatic N) is 4. The molecule has 1 saturated heterocycles. The summed E-state index contributed by atoms with van der Waals surface area (Å²) in [5, 5.41) is 8.43. The Labute approximate surface area is 215 Å². The molecular weight excluding hydrogens is 476 g/mol. The van der Waals surface area contributed by atoms with Crippen LogP contribution >= 0.6 is 11.3 Å². The SMILES string of the molecule is CCNC(=O)Nc1cc(-c2nc(CC3CCN(C)CC3)cs2)c(-c2cncc(C(=O)OCC)c2)cn1. The van der Waals surface area contributed by atoms with Crippen molar-refractivity contribution >= 4 is 29.2 Å². The number of pyridine rings is 2. The summed E-state index contributed by atoms with van der Waals surface area (Å²) >= 11 is 1.57. The molecule has 4 rings (SSSR count). The van der Waals surface area contributed by atoms with Gasteiger partial charge in [0.15, 0.2) is 0 Å². The molecule has 0 radical (unpaired) electrons. The molecule has 0 spiro atoms. The number of nitrogens with one attached hydrogen (secondary N) is 2. The van der Waals surface area contributed by atoms with Crippen LogP contribution in [0.1, 0.15) is 42.7 Å². The number of thiazole rings is 1. The summed E-state index contributed by atoms with van der Waals surface area (Å²) in [6, 6.07) is 3.24. The van der Waals surface area contributed by atoms with E-state index < -0.39 is 5.97 Å². The highest BCUT2D eigenvalue weighted by molar-refractivity contribution is 7.13. The second kappa shape index (κ2) is 12.0. The number of piperidine rings is 1. The number of carbonyl (C=O) groups excluding carboxylic acids is 2. The largest absolute Gasteiger partial charge is 0.462 e. The number of hydrogen-bond acceptors (Lipinski definition) is 8. The van der Waals surface area contributed by atoms with Crippen molar-refractivity contribution in [1.82, 2.24) is 25.2 Å². The maximum Gasteiger partial charge on any atom is 0.339 e. The molecule has 0 bridgehead atoms. The Morgan fingerprint density at radius 3 is 2.69 bits per heavy atom. The van der Waals surface area contributed by atoms with Gasteiger partial charge in [-0.2, -0.15) is 0 Å². The van der Waals surface area contributed by atoms with E-state index in [1.54, 1.807) is 36.7 Å². The van der Waals surface area contributed by atoms with Crippen LogP contribution in [0.4, 0.5) is 10.6 Å². The zero-order valence-electron chi connectivity index (χ0n) is 20.9. The van der Waals surface area contributed by atoms with Crippen molar-refractivity contribution in [2.45, 2.75) is 33.1 Å². The maximum absolute atomic E-state index is 12.3. The third-order valence-electron chi connectivity index (χ3n) is 6.16. The minimum Gasteiger partial charge on any atom is -0.462 e. The number of amides is 2. The van der Waals surface area contributed by atoms with Crippen molar-refractivity contribution in [2.75, 3.05) is 38.6 Å². The van der Waals surface area contributed by atoms with Crippen LogP contribution < -0.4 is 10.6 Å². The average molecular weight is 509 g/mol. The van der Waals surface area contributed by atoms with E-state index in [-0.39, 0.29) is 12.6 Å². The number of anilines is 1. The smallest absolute Gasteiger partial charge is 0.339 e. The maximum atomic E-state index is 12.3. The van der Waals surface area contributed by atoms with Crippen LogP contribution in [-0.4, -0.2) is 65.1 Å². The molecule has 10 heteroatoms. The first-order valence-corrected chi connectivity index (χ1v) is 13.2. The second-order valence-electron chi connectivity index (χ2n) is 8.88. The fraction of sp³-hybridized carbons (Fsp3) is 0.423. The molecular formula is C26H32N6O3S. The molecule has 4 heterocycles. The summed E-state index contributed by atoms with van der Waals surface area (Å²) in [4.78, 5) is 40.4. The predicted molar refractivity (Wildman–Crippen MR) is 141 cm³/mol. The molecule has 0 aliphatic carbocycles. The number of esters is 1. The van der Waals surface area contributed by atoms with E-state index in [1.807, 2.05) is 13.0 Å². The van der Waals surface area contributed by atoms with Gasteiger partial charge in [-0.3, -0.25) is 10.3 Å². The highest BCUT2D eigenvalue weighted by atomic mass is 32.1. The molecule has 1 fully saturated rings. The van der Waals surface area contributed by atoms with Crippen molar-refractivity contribution in [3.63, 3.8) is 0 Å². The number of ether oxygens (including phenoxy) is 1. The van der Waals surface area contributed by atoms with Gasteiger partial charge in [0, 0.05) is 47.2 Å². The fourth-order valence-electron chi connectivity index (χ4n) is 4.25. The van der Waals surface area contributed by atoms with Crippen LogP contribution in [0, 0.1) is 5.92 Å². The standard InChI is InChI=1S/C26H32N6O3S/c1-4-28-26(34)31-23-12-21(24-30-20(16-36-24)10-17-6-8-32(3)9-7-17)22(15-29-23)18-11-19(14-27-13-18)25(33)35-5-2/h11-17H,4-10H2,1-3H3,(H2,28,29,31,34). The van der Waals surface area contributed by atoms with Crippen LogP contribution in [0.25, 0.3) is 21.7 Å². The zero-order valence-corrected chi connectivity index (χ0v) is 21.7. The van der Waals surface area contributed by atoms with Gasteiger partial charge in [0.05, 0.1) is 17.9 Å². The Bertz CT molecular complexity index is 1210. The van der Waals surface area contributed by atoms with Crippen molar-refractivity contribution in [1.29, 1.82) is 0 Å². The number of urea groups is 1. The molecule has 3 aromatic heterocycles. The van der Waals surface area contributed by atoms with Gasteiger partial charge in [-0.05, 0) is 71.3 Å². The van der Waals surface area contributed by atoms with Crippen molar-refractivity contribution in [2.24, 2.45) is 5.92 Å². The number of hydrogen-bond donors (Lipinski definition) is 2. The van der Waals surface area contributed by atoms with Gasteiger partial charge in [0.2, 0.25) is 0 Å². The number of aromatic nitrogens is 3. The Hall–Kier alpha value is -3.37. The predicted octanol–water partition coefficient (Wildman–Crippen LogP) is 4.47. The lowest BCUT2D eigenvalue weighted by molar-refractivity contribution is 0.0526. The Kier molecular flexibility index (Phi) is 8.61. The van der Waals surface area contributed by atoms with E-state index in [1.165, 1.54) is 19.0 Å². The van der Waals surface area contributed by atoms with E-state index >= 15 is 0 Å². The summed E-state index contributed by atoms with van der Waals surface area (Å²) in [6.07, 6.45) is 8.17. The lowest BCUT2D eigenvalue weighted by Gasteiger charge is -2.28. The van der Waals surface area contributed by atoms with Crippen LogP contribution in [0.5, 0.6) is 0 Å². The molecule has 1 aliphatic heterocycles. The van der Waals surface area contributed by atoms with E-state index in [0.717, 1.165) is 46.9 Å². The quantitative estimate of drug-likeness (QED) is 0.432. The van der Waals surface area contributed by atoms with Gasteiger partial charge in [-0.1, -0.05) is 0 Å². The number of carbonyl (C=O) groups is 2. The van der Waals surface area contributed by atoms with Crippen molar-refractivity contribution < 1.29 is 14.3 Å². The summed E-state index contributed by atoms with van der Waals surface area (Å²) in [5.41, 5.74) is 3.75.